The molecule has 130 valence electrons. The van der Waals surface area contributed by atoms with Gasteiger partial charge in [0.25, 0.3) is 0 Å². The third kappa shape index (κ3) is 3.89. The van der Waals surface area contributed by atoms with Gasteiger partial charge in [-0.2, -0.15) is 0 Å². The maximum Gasteiger partial charge on any atom is 0.246 e. The zero-order valence-electron chi connectivity index (χ0n) is 15.1. The molecule has 2 saturated heterocycles. The number of piperidine rings is 1. The number of nitrogens with one attached hydrogen (secondary N) is 1. The zero-order valence-corrected chi connectivity index (χ0v) is 15.1. The van der Waals surface area contributed by atoms with Gasteiger partial charge < -0.3 is 9.80 Å². The highest BCUT2D eigenvalue weighted by atomic mass is 16.2. The summed E-state index contributed by atoms with van der Waals surface area (Å²) in [5.41, 5.74) is 1.09. The number of nitrogens with zero attached hydrogens (tertiary/aromatic N) is 1. The van der Waals surface area contributed by atoms with E-state index in [9.17, 15) is 4.79 Å². The lowest BCUT2D eigenvalue weighted by molar-refractivity contribution is -0.922. The Morgan fingerprint density at radius 3 is 2.50 bits per heavy atom. The Bertz CT molecular complexity index is 554. The number of hydrogen-bond acceptors (Lipinski definition) is 1. The molecule has 0 saturated carbocycles. The van der Waals surface area contributed by atoms with E-state index in [1.54, 1.807) is 11.0 Å². The van der Waals surface area contributed by atoms with Crippen LogP contribution in [0.1, 0.15) is 51.0 Å². The summed E-state index contributed by atoms with van der Waals surface area (Å²) in [4.78, 5) is 16.7. The lowest BCUT2D eigenvalue weighted by Gasteiger charge is -2.39. The summed E-state index contributed by atoms with van der Waals surface area (Å²) >= 11 is 0. The SMILES string of the molecule is CCCCN(C(=O)C=Cc1ccccc1)C1CC2CCC(C1)[NH+]2C. The van der Waals surface area contributed by atoms with Crippen LogP contribution in [0.4, 0.5) is 0 Å². The maximum atomic E-state index is 12.9. The average Bonchev–Trinajstić information content (AvgIpc) is 2.82. The van der Waals surface area contributed by atoms with Crippen LogP contribution >= 0.6 is 0 Å². The van der Waals surface area contributed by atoms with Gasteiger partial charge >= 0.3 is 0 Å². The van der Waals surface area contributed by atoms with Crippen molar-refractivity contribution in [1.29, 1.82) is 0 Å². The van der Waals surface area contributed by atoms with Crippen LogP contribution in [0.25, 0.3) is 6.08 Å². The Kier molecular flexibility index (Phi) is 5.72. The molecule has 24 heavy (non-hydrogen) atoms. The quantitative estimate of drug-likeness (QED) is 0.798. The lowest BCUT2D eigenvalue weighted by Crippen LogP contribution is -3.15. The molecule has 0 aliphatic carbocycles. The normalized spacial score (nSPS) is 29.1. The van der Waals surface area contributed by atoms with E-state index in [1.165, 1.54) is 25.7 Å². The Morgan fingerprint density at radius 1 is 1.21 bits per heavy atom. The molecule has 1 aromatic carbocycles. The molecule has 2 bridgehead atoms. The van der Waals surface area contributed by atoms with E-state index in [4.69, 9.17) is 0 Å². The summed E-state index contributed by atoms with van der Waals surface area (Å²) in [6, 6.07) is 12.0. The number of amides is 1. The minimum Gasteiger partial charge on any atom is -0.336 e. The summed E-state index contributed by atoms with van der Waals surface area (Å²) in [5.74, 6) is 0.191. The standard InChI is InChI=1S/C21H30N2O/c1-3-4-14-23(20-15-18-11-12-19(16-20)22(18)2)21(24)13-10-17-8-6-5-7-9-17/h5-10,13,18-20H,3-4,11-12,14-16H2,1-2H3/p+1. The van der Waals surface area contributed by atoms with Crippen molar-refractivity contribution in [3.63, 3.8) is 0 Å². The number of carbonyl (C=O) groups is 1. The number of rotatable bonds is 6. The highest BCUT2D eigenvalue weighted by Gasteiger charge is 2.44. The Morgan fingerprint density at radius 2 is 1.88 bits per heavy atom. The van der Waals surface area contributed by atoms with Crippen molar-refractivity contribution in [2.75, 3.05) is 13.6 Å². The molecule has 1 amide bonds. The number of unbranched alkanes of at least 4 members (excludes halogenated alkanes) is 1. The zero-order chi connectivity index (χ0) is 16.9. The van der Waals surface area contributed by atoms with Crippen LogP contribution in [0.3, 0.4) is 0 Å². The van der Waals surface area contributed by atoms with E-state index in [0.717, 1.165) is 37.0 Å². The van der Waals surface area contributed by atoms with Crippen LogP contribution in [0, 0.1) is 0 Å². The molecule has 0 radical (unpaired) electrons. The molecular weight excluding hydrogens is 296 g/mol. The van der Waals surface area contributed by atoms with Gasteiger partial charge in [0.1, 0.15) is 0 Å². The fraction of sp³-hybridized carbons (Fsp3) is 0.571. The molecule has 2 heterocycles. The summed E-state index contributed by atoms with van der Waals surface area (Å²) in [6.45, 7) is 3.10. The topological polar surface area (TPSA) is 24.8 Å². The number of carbonyl (C=O) groups excluding carboxylic acids is 1. The van der Waals surface area contributed by atoms with E-state index in [0.29, 0.717) is 6.04 Å². The lowest BCUT2D eigenvalue weighted by atomic mass is 9.96. The molecule has 3 heteroatoms. The van der Waals surface area contributed by atoms with E-state index >= 15 is 0 Å². The van der Waals surface area contributed by atoms with E-state index in [-0.39, 0.29) is 5.91 Å². The molecule has 0 spiro atoms. The predicted molar refractivity (Wildman–Crippen MR) is 98.8 cm³/mol. The molecule has 2 unspecified atom stereocenters. The maximum absolute atomic E-state index is 12.9. The van der Waals surface area contributed by atoms with Gasteiger partial charge in [0.15, 0.2) is 0 Å². The molecule has 2 fully saturated rings. The molecule has 2 atom stereocenters. The van der Waals surface area contributed by atoms with Gasteiger partial charge in [-0.1, -0.05) is 43.7 Å². The van der Waals surface area contributed by atoms with Gasteiger partial charge in [-0.3, -0.25) is 4.79 Å². The van der Waals surface area contributed by atoms with Crippen molar-refractivity contribution in [3.8, 4) is 0 Å². The summed E-state index contributed by atoms with van der Waals surface area (Å²) < 4.78 is 0. The number of fused-ring (bicyclic) bond motifs is 2. The van der Waals surface area contributed by atoms with Gasteiger partial charge in [0.05, 0.1) is 19.1 Å². The Labute approximate surface area is 146 Å². The van der Waals surface area contributed by atoms with Gasteiger partial charge in [0, 0.05) is 44.3 Å². The Hall–Kier alpha value is -1.61. The first-order valence-electron chi connectivity index (χ1n) is 9.56. The number of quaternary nitrogens is 1. The first kappa shape index (κ1) is 17.2. The fourth-order valence-corrected chi connectivity index (χ4v) is 4.43. The average molecular weight is 327 g/mol. The molecule has 3 rings (SSSR count). The van der Waals surface area contributed by atoms with Crippen molar-refractivity contribution in [2.24, 2.45) is 0 Å². The Balaban J connectivity index is 1.69. The summed E-state index contributed by atoms with van der Waals surface area (Å²) in [6.07, 6.45) is 11.0. The minimum absolute atomic E-state index is 0.191. The molecule has 2 aliphatic rings. The predicted octanol–water partition coefficient (Wildman–Crippen LogP) is 2.54. The van der Waals surface area contributed by atoms with Crippen LogP contribution in [-0.4, -0.2) is 42.5 Å². The van der Waals surface area contributed by atoms with Gasteiger partial charge in [0.2, 0.25) is 5.91 Å². The van der Waals surface area contributed by atoms with Crippen LogP contribution < -0.4 is 4.90 Å². The van der Waals surface area contributed by atoms with Crippen LogP contribution in [-0.2, 0) is 4.79 Å². The van der Waals surface area contributed by atoms with Crippen molar-refractivity contribution in [1.82, 2.24) is 4.90 Å². The summed E-state index contributed by atoms with van der Waals surface area (Å²) in [5, 5.41) is 0. The van der Waals surface area contributed by atoms with Crippen LogP contribution in [0.2, 0.25) is 0 Å². The van der Waals surface area contributed by atoms with Crippen molar-refractivity contribution >= 4 is 12.0 Å². The van der Waals surface area contributed by atoms with Crippen molar-refractivity contribution in [2.45, 2.75) is 63.6 Å². The molecule has 1 aromatic rings. The molecule has 3 nitrogen and oxygen atoms in total. The highest BCUT2D eigenvalue weighted by Crippen LogP contribution is 2.26. The smallest absolute Gasteiger partial charge is 0.246 e. The van der Waals surface area contributed by atoms with Crippen LogP contribution in [0.15, 0.2) is 36.4 Å². The van der Waals surface area contributed by atoms with E-state index < -0.39 is 0 Å². The molecule has 2 aliphatic heterocycles. The van der Waals surface area contributed by atoms with E-state index in [2.05, 4.69) is 18.9 Å². The van der Waals surface area contributed by atoms with Crippen molar-refractivity contribution in [3.05, 3.63) is 42.0 Å². The largest absolute Gasteiger partial charge is 0.336 e. The number of hydrogen-bond donors (Lipinski definition) is 1. The monoisotopic (exact) mass is 327 g/mol. The second-order valence-electron chi connectivity index (χ2n) is 7.47. The third-order valence-electron chi connectivity index (χ3n) is 5.96. The highest BCUT2D eigenvalue weighted by molar-refractivity contribution is 5.92. The molecular formula is C21H31N2O+. The number of benzene rings is 1. The fourth-order valence-electron chi connectivity index (χ4n) is 4.43. The first-order chi connectivity index (χ1) is 11.7. The minimum atomic E-state index is 0.191. The third-order valence-corrected chi connectivity index (χ3v) is 5.96. The van der Waals surface area contributed by atoms with E-state index in [1.807, 2.05) is 36.4 Å². The summed E-state index contributed by atoms with van der Waals surface area (Å²) in [7, 11) is 2.34. The second-order valence-corrected chi connectivity index (χ2v) is 7.47. The van der Waals surface area contributed by atoms with Gasteiger partial charge in [-0.15, -0.1) is 0 Å². The van der Waals surface area contributed by atoms with Gasteiger partial charge in [-0.25, -0.2) is 0 Å². The first-order valence-corrected chi connectivity index (χ1v) is 9.56. The van der Waals surface area contributed by atoms with Gasteiger partial charge in [-0.05, 0) is 18.1 Å². The van der Waals surface area contributed by atoms with Crippen LogP contribution in [0.5, 0.6) is 0 Å². The molecule has 0 aromatic heterocycles. The second kappa shape index (κ2) is 7.98. The molecule has 1 N–H and O–H groups in total. The van der Waals surface area contributed by atoms with Crippen molar-refractivity contribution < 1.29 is 9.69 Å².